The maximum absolute atomic E-state index is 11.7. The molecule has 3 N–H and O–H groups in total. The van der Waals surface area contributed by atoms with Crippen LogP contribution in [0.2, 0.25) is 0 Å². The third-order valence-corrected chi connectivity index (χ3v) is 3.89. The highest BCUT2D eigenvalue weighted by molar-refractivity contribution is 5.84. The number of anilines is 1. The molecule has 1 amide bonds. The van der Waals surface area contributed by atoms with E-state index in [1.165, 1.54) is 0 Å². The molecule has 1 aliphatic rings. The Balaban J connectivity index is 2.23. The normalized spacial score (nSPS) is 19.0. The predicted molar refractivity (Wildman–Crippen MR) is 83.7 cm³/mol. The minimum Gasteiger partial charge on any atom is -0.395 e. The molecule has 1 unspecified atom stereocenters. The Kier molecular flexibility index (Phi) is 5.59. The number of nitrogens with two attached hydrogens (primary N) is 1. The number of aliphatic hydroxyl groups excluding tert-OH is 1. The average Bonchev–Trinajstić information content (AvgIpc) is 2.48. The topological polar surface area (TPSA) is 69.8 Å². The zero-order valence-electron chi connectivity index (χ0n) is 12.5. The van der Waals surface area contributed by atoms with Gasteiger partial charge in [-0.1, -0.05) is 18.2 Å². The SMILES string of the molecule is CN(CCO)Cc1ccccc1N1CC[CH]CC1C(N)=O. The van der Waals surface area contributed by atoms with Crippen LogP contribution < -0.4 is 10.6 Å². The summed E-state index contributed by atoms with van der Waals surface area (Å²) in [5.74, 6) is -0.274. The number of benzene rings is 1. The molecule has 1 saturated heterocycles. The largest absolute Gasteiger partial charge is 0.395 e. The van der Waals surface area contributed by atoms with Crippen LogP contribution in [0.1, 0.15) is 18.4 Å². The second-order valence-electron chi connectivity index (χ2n) is 5.51. The fourth-order valence-corrected chi connectivity index (χ4v) is 2.81. The molecule has 2 rings (SSSR count). The molecule has 1 radical (unpaired) electrons. The highest BCUT2D eigenvalue weighted by Crippen LogP contribution is 2.28. The lowest BCUT2D eigenvalue weighted by atomic mass is 9.99. The van der Waals surface area contributed by atoms with Crippen molar-refractivity contribution < 1.29 is 9.90 Å². The quantitative estimate of drug-likeness (QED) is 0.812. The number of para-hydroxylation sites is 1. The number of amides is 1. The summed E-state index contributed by atoms with van der Waals surface area (Å²) >= 11 is 0. The van der Waals surface area contributed by atoms with E-state index in [4.69, 9.17) is 10.8 Å². The smallest absolute Gasteiger partial charge is 0.240 e. The van der Waals surface area contributed by atoms with Gasteiger partial charge in [-0.25, -0.2) is 0 Å². The third kappa shape index (κ3) is 3.95. The van der Waals surface area contributed by atoms with Crippen molar-refractivity contribution in [2.45, 2.75) is 25.4 Å². The molecule has 5 heteroatoms. The van der Waals surface area contributed by atoms with Crippen molar-refractivity contribution in [3.63, 3.8) is 0 Å². The highest BCUT2D eigenvalue weighted by atomic mass is 16.3. The number of hydrogen-bond acceptors (Lipinski definition) is 4. The summed E-state index contributed by atoms with van der Waals surface area (Å²) in [5.41, 5.74) is 7.77. The van der Waals surface area contributed by atoms with E-state index in [1.807, 2.05) is 25.2 Å². The van der Waals surface area contributed by atoms with Gasteiger partial charge in [0.15, 0.2) is 0 Å². The summed E-state index contributed by atoms with van der Waals surface area (Å²) in [6.45, 7) is 2.32. The average molecular weight is 290 g/mol. The van der Waals surface area contributed by atoms with Crippen LogP contribution in [0, 0.1) is 6.42 Å². The fourth-order valence-electron chi connectivity index (χ4n) is 2.81. The molecule has 1 fully saturated rings. The van der Waals surface area contributed by atoms with Gasteiger partial charge in [-0.2, -0.15) is 0 Å². The molecule has 1 aromatic carbocycles. The molecular formula is C16H24N3O2. The van der Waals surface area contributed by atoms with Crippen LogP contribution in [-0.4, -0.2) is 48.7 Å². The molecule has 1 heterocycles. The van der Waals surface area contributed by atoms with Crippen LogP contribution in [0.3, 0.4) is 0 Å². The third-order valence-electron chi connectivity index (χ3n) is 3.89. The highest BCUT2D eigenvalue weighted by Gasteiger charge is 2.28. The molecule has 0 spiro atoms. The first kappa shape index (κ1) is 15.8. The minimum absolute atomic E-state index is 0.140. The maximum Gasteiger partial charge on any atom is 0.240 e. The number of carbonyl (C=O) groups is 1. The van der Waals surface area contributed by atoms with Crippen LogP contribution in [0.4, 0.5) is 5.69 Å². The van der Waals surface area contributed by atoms with E-state index in [-0.39, 0.29) is 18.6 Å². The Bertz CT molecular complexity index is 478. The standard InChI is InChI=1S/C16H24N3O2/c1-18(10-11-20)12-13-6-2-3-7-14(13)19-9-5-4-8-15(19)16(17)21/h2-4,6-7,15,20H,5,8-12H2,1H3,(H2,17,21). The van der Waals surface area contributed by atoms with E-state index in [2.05, 4.69) is 22.3 Å². The Hall–Kier alpha value is -1.59. The van der Waals surface area contributed by atoms with Gasteiger partial charge in [-0.05, 0) is 37.9 Å². The molecule has 115 valence electrons. The lowest BCUT2D eigenvalue weighted by Crippen LogP contribution is -2.48. The molecule has 5 nitrogen and oxygen atoms in total. The zero-order chi connectivity index (χ0) is 15.2. The van der Waals surface area contributed by atoms with Crippen molar-refractivity contribution in [2.75, 3.05) is 31.6 Å². The minimum atomic E-state index is -0.274. The van der Waals surface area contributed by atoms with Gasteiger partial charge in [-0.3, -0.25) is 9.69 Å². The first-order valence-corrected chi connectivity index (χ1v) is 7.38. The van der Waals surface area contributed by atoms with E-state index < -0.39 is 0 Å². The number of nitrogens with zero attached hydrogens (tertiary/aromatic N) is 2. The lowest BCUT2D eigenvalue weighted by Gasteiger charge is -2.37. The first-order valence-electron chi connectivity index (χ1n) is 7.38. The molecule has 1 aliphatic heterocycles. The fraction of sp³-hybridized carbons (Fsp3) is 0.500. The summed E-state index contributed by atoms with van der Waals surface area (Å²) in [5, 5.41) is 9.03. The van der Waals surface area contributed by atoms with Crippen LogP contribution in [-0.2, 0) is 11.3 Å². The van der Waals surface area contributed by atoms with Gasteiger partial charge in [0.25, 0.3) is 0 Å². The van der Waals surface area contributed by atoms with Gasteiger partial charge in [0, 0.05) is 25.3 Å². The molecule has 1 aromatic rings. The number of piperidine rings is 1. The molecule has 21 heavy (non-hydrogen) atoms. The number of carbonyl (C=O) groups excluding carboxylic acids is 1. The monoisotopic (exact) mass is 290 g/mol. The van der Waals surface area contributed by atoms with Crippen LogP contribution >= 0.6 is 0 Å². The van der Waals surface area contributed by atoms with Gasteiger partial charge in [-0.15, -0.1) is 0 Å². The van der Waals surface area contributed by atoms with E-state index in [9.17, 15) is 4.79 Å². The van der Waals surface area contributed by atoms with Crippen molar-refractivity contribution >= 4 is 11.6 Å². The molecule has 0 aliphatic carbocycles. The predicted octanol–water partition coefficient (Wildman–Crippen LogP) is 0.769. The Morgan fingerprint density at radius 2 is 2.24 bits per heavy atom. The molecule has 0 saturated carbocycles. The van der Waals surface area contributed by atoms with Gasteiger partial charge < -0.3 is 15.7 Å². The van der Waals surface area contributed by atoms with Gasteiger partial charge in [0.1, 0.15) is 6.04 Å². The molecule has 0 aromatic heterocycles. The number of rotatable bonds is 6. The first-order chi connectivity index (χ1) is 10.1. The number of likely N-dealkylation sites (N-methyl/N-ethyl adjacent to an activating group) is 1. The van der Waals surface area contributed by atoms with Crippen molar-refractivity contribution in [3.8, 4) is 0 Å². The molecule has 1 atom stereocenters. The second-order valence-corrected chi connectivity index (χ2v) is 5.51. The summed E-state index contributed by atoms with van der Waals surface area (Å²) < 4.78 is 0. The maximum atomic E-state index is 11.7. The van der Waals surface area contributed by atoms with Gasteiger partial charge in [0.2, 0.25) is 5.91 Å². The number of hydrogen-bond donors (Lipinski definition) is 2. The Labute approximate surface area is 126 Å². The molecule has 0 bridgehead atoms. The zero-order valence-corrected chi connectivity index (χ0v) is 12.5. The van der Waals surface area contributed by atoms with Crippen LogP contribution in [0.5, 0.6) is 0 Å². The van der Waals surface area contributed by atoms with E-state index in [1.54, 1.807) is 0 Å². The van der Waals surface area contributed by atoms with Crippen molar-refractivity contribution in [1.29, 1.82) is 0 Å². The summed E-state index contributed by atoms with van der Waals surface area (Å²) in [7, 11) is 1.97. The van der Waals surface area contributed by atoms with E-state index >= 15 is 0 Å². The van der Waals surface area contributed by atoms with Crippen molar-refractivity contribution in [2.24, 2.45) is 5.73 Å². The van der Waals surface area contributed by atoms with Crippen LogP contribution in [0.15, 0.2) is 24.3 Å². The van der Waals surface area contributed by atoms with E-state index in [0.29, 0.717) is 13.0 Å². The Morgan fingerprint density at radius 3 is 2.95 bits per heavy atom. The lowest BCUT2D eigenvalue weighted by molar-refractivity contribution is -0.119. The van der Waals surface area contributed by atoms with Crippen molar-refractivity contribution in [3.05, 3.63) is 36.2 Å². The second kappa shape index (κ2) is 7.43. The van der Waals surface area contributed by atoms with Gasteiger partial charge >= 0.3 is 0 Å². The summed E-state index contributed by atoms with van der Waals surface area (Å²) in [6, 6.07) is 7.84. The van der Waals surface area contributed by atoms with Crippen molar-refractivity contribution in [1.82, 2.24) is 4.90 Å². The molecular weight excluding hydrogens is 266 g/mol. The van der Waals surface area contributed by atoms with Gasteiger partial charge in [0.05, 0.1) is 6.61 Å². The summed E-state index contributed by atoms with van der Waals surface area (Å²) in [6.07, 6.45) is 3.80. The number of aliphatic hydroxyl groups is 1. The Morgan fingerprint density at radius 1 is 1.48 bits per heavy atom. The van der Waals surface area contributed by atoms with E-state index in [0.717, 1.165) is 30.8 Å². The summed E-state index contributed by atoms with van der Waals surface area (Å²) in [4.78, 5) is 15.9. The van der Waals surface area contributed by atoms with Crippen LogP contribution in [0.25, 0.3) is 0 Å². The number of primary amides is 1.